The zero-order chi connectivity index (χ0) is 22.2. The van der Waals surface area contributed by atoms with E-state index in [0.717, 1.165) is 30.6 Å². The van der Waals surface area contributed by atoms with Crippen molar-refractivity contribution in [3.63, 3.8) is 0 Å². The van der Waals surface area contributed by atoms with Crippen molar-refractivity contribution >= 4 is 16.8 Å². The average Bonchev–Trinajstić information content (AvgIpc) is 2.76. The summed E-state index contributed by atoms with van der Waals surface area (Å²) in [6.45, 7) is 12.0. The lowest BCUT2D eigenvalue weighted by atomic mass is 9.91. The van der Waals surface area contributed by atoms with Crippen LogP contribution in [0.4, 0.5) is 0 Å². The van der Waals surface area contributed by atoms with E-state index in [1.807, 2.05) is 0 Å². The maximum Gasteiger partial charge on any atom is 0.119 e. The summed E-state index contributed by atoms with van der Waals surface area (Å²) in [5.74, 6) is 2.49. The fourth-order valence-electron chi connectivity index (χ4n) is 4.29. The van der Waals surface area contributed by atoms with E-state index in [0.29, 0.717) is 0 Å². The second-order valence-corrected chi connectivity index (χ2v) is 9.29. The van der Waals surface area contributed by atoms with Gasteiger partial charge in [0.15, 0.2) is 0 Å². The van der Waals surface area contributed by atoms with Crippen LogP contribution >= 0.6 is 0 Å². The SMILES string of the molecule is C/C=C/c1c(-c2ccc(OCCC(C)CCCC(C)C)cc2)cc(C)c2ccccc12. The molecule has 3 rings (SSSR count). The molecule has 1 atom stereocenters. The zero-order valence-corrected chi connectivity index (χ0v) is 19.9. The maximum absolute atomic E-state index is 6.05. The van der Waals surface area contributed by atoms with Crippen LogP contribution < -0.4 is 4.74 Å². The van der Waals surface area contributed by atoms with Gasteiger partial charge < -0.3 is 4.74 Å². The van der Waals surface area contributed by atoms with Crippen LogP contribution in [0.5, 0.6) is 5.75 Å². The second kappa shape index (κ2) is 11.2. The molecule has 31 heavy (non-hydrogen) atoms. The Morgan fingerprint density at radius 2 is 1.58 bits per heavy atom. The van der Waals surface area contributed by atoms with Gasteiger partial charge in [-0.2, -0.15) is 0 Å². The second-order valence-electron chi connectivity index (χ2n) is 9.29. The largest absolute Gasteiger partial charge is 0.494 e. The number of allylic oxidation sites excluding steroid dienone is 1. The topological polar surface area (TPSA) is 9.23 Å². The molecular formula is C30H38O. The maximum atomic E-state index is 6.05. The Labute approximate surface area is 189 Å². The van der Waals surface area contributed by atoms with Gasteiger partial charge in [-0.1, -0.05) is 94.7 Å². The molecule has 1 nitrogen and oxygen atoms in total. The van der Waals surface area contributed by atoms with Crippen molar-refractivity contribution in [3.05, 3.63) is 71.8 Å². The normalized spacial score (nSPS) is 12.7. The molecule has 0 bridgehead atoms. The minimum absolute atomic E-state index is 0.724. The number of hydrogen-bond acceptors (Lipinski definition) is 1. The van der Waals surface area contributed by atoms with E-state index in [4.69, 9.17) is 4.74 Å². The summed E-state index contributed by atoms with van der Waals surface area (Å²) in [5.41, 5.74) is 5.11. The monoisotopic (exact) mass is 414 g/mol. The summed E-state index contributed by atoms with van der Waals surface area (Å²) in [7, 11) is 0. The van der Waals surface area contributed by atoms with Gasteiger partial charge in [0.05, 0.1) is 6.61 Å². The van der Waals surface area contributed by atoms with Crippen molar-refractivity contribution in [1.82, 2.24) is 0 Å². The van der Waals surface area contributed by atoms with Crippen LogP contribution in [-0.2, 0) is 0 Å². The minimum atomic E-state index is 0.724. The first-order valence-electron chi connectivity index (χ1n) is 11.9. The third kappa shape index (κ3) is 6.23. The van der Waals surface area contributed by atoms with Crippen molar-refractivity contribution in [2.24, 2.45) is 11.8 Å². The molecule has 0 aromatic heterocycles. The molecule has 0 radical (unpaired) electrons. The average molecular weight is 415 g/mol. The van der Waals surface area contributed by atoms with E-state index in [1.165, 1.54) is 52.3 Å². The lowest BCUT2D eigenvalue weighted by Crippen LogP contribution is -2.04. The number of benzene rings is 3. The first kappa shape index (κ1) is 23.1. The molecule has 1 unspecified atom stereocenters. The molecule has 0 N–H and O–H groups in total. The Morgan fingerprint density at radius 3 is 2.26 bits per heavy atom. The molecule has 0 amide bonds. The van der Waals surface area contributed by atoms with Gasteiger partial charge in [0.1, 0.15) is 5.75 Å². The van der Waals surface area contributed by atoms with Gasteiger partial charge in [-0.3, -0.25) is 0 Å². The van der Waals surface area contributed by atoms with Crippen LogP contribution in [0.3, 0.4) is 0 Å². The Kier molecular flexibility index (Phi) is 8.35. The summed E-state index contributed by atoms with van der Waals surface area (Å²) in [4.78, 5) is 0. The molecule has 1 heteroatoms. The highest BCUT2D eigenvalue weighted by Crippen LogP contribution is 2.34. The molecule has 0 spiro atoms. The number of aryl methyl sites for hydroxylation is 1. The van der Waals surface area contributed by atoms with Gasteiger partial charge in [-0.05, 0) is 77.3 Å². The van der Waals surface area contributed by atoms with Crippen LogP contribution in [0.1, 0.15) is 64.5 Å². The first-order chi connectivity index (χ1) is 15.0. The Bertz CT molecular complexity index is 995. The summed E-state index contributed by atoms with van der Waals surface area (Å²) < 4.78 is 6.05. The third-order valence-electron chi connectivity index (χ3n) is 6.15. The van der Waals surface area contributed by atoms with Crippen molar-refractivity contribution < 1.29 is 4.74 Å². The number of ether oxygens (including phenoxy) is 1. The van der Waals surface area contributed by atoms with Crippen molar-refractivity contribution in [2.45, 2.75) is 60.3 Å². The summed E-state index contributed by atoms with van der Waals surface area (Å²) in [6, 6.07) is 19.6. The van der Waals surface area contributed by atoms with Crippen LogP contribution in [0.15, 0.2) is 60.7 Å². The number of hydrogen-bond donors (Lipinski definition) is 0. The summed E-state index contributed by atoms with van der Waals surface area (Å²) in [6.07, 6.45) is 9.43. The molecule has 0 aliphatic rings. The molecule has 3 aromatic rings. The third-order valence-corrected chi connectivity index (χ3v) is 6.15. The first-order valence-corrected chi connectivity index (χ1v) is 11.9. The summed E-state index contributed by atoms with van der Waals surface area (Å²) in [5, 5.41) is 2.63. The van der Waals surface area contributed by atoms with E-state index in [9.17, 15) is 0 Å². The quantitative estimate of drug-likeness (QED) is 0.321. The van der Waals surface area contributed by atoms with Gasteiger partial charge in [0.2, 0.25) is 0 Å². The molecule has 3 aromatic carbocycles. The molecular weight excluding hydrogens is 376 g/mol. The highest BCUT2D eigenvalue weighted by Gasteiger charge is 2.10. The van der Waals surface area contributed by atoms with Gasteiger partial charge >= 0.3 is 0 Å². The fourth-order valence-corrected chi connectivity index (χ4v) is 4.29. The molecule has 0 heterocycles. The predicted octanol–water partition coefficient (Wildman–Crippen LogP) is 9.08. The molecule has 0 saturated heterocycles. The highest BCUT2D eigenvalue weighted by atomic mass is 16.5. The highest BCUT2D eigenvalue weighted by molar-refractivity contribution is 5.99. The van der Waals surface area contributed by atoms with Crippen LogP contribution in [-0.4, -0.2) is 6.61 Å². The lowest BCUT2D eigenvalue weighted by Gasteiger charge is -2.15. The molecule has 0 fully saturated rings. The molecule has 0 aliphatic heterocycles. The van der Waals surface area contributed by atoms with Crippen molar-refractivity contribution in [3.8, 4) is 16.9 Å². The van der Waals surface area contributed by atoms with E-state index in [-0.39, 0.29) is 0 Å². The molecule has 164 valence electrons. The van der Waals surface area contributed by atoms with Crippen LogP contribution in [0, 0.1) is 18.8 Å². The Morgan fingerprint density at radius 1 is 0.871 bits per heavy atom. The summed E-state index contributed by atoms with van der Waals surface area (Å²) >= 11 is 0. The van der Waals surface area contributed by atoms with Crippen LogP contribution in [0.2, 0.25) is 0 Å². The predicted molar refractivity (Wildman–Crippen MR) is 137 cm³/mol. The molecule has 0 saturated carbocycles. The Balaban J connectivity index is 1.69. The van der Waals surface area contributed by atoms with Gasteiger partial charge in [-0.15, -0.1) is 0 Å². The van der Waals surface area contributed by atoms with E-state index in [2.05, 4.69) is 101 Å². The van der Waals surface area contributed by atoms with Gasteiger partial charge in [0.25, 0.3) is 0 Å². The molecule has 0 aliphatic carbocycles. The van der Waals surface area contributed by atoms with Gasteiger partial charge in [-0.25, -0.2) is 0 Å². The van der Waals surface area contributed by atoms with E-state index in [1.54, 1.807) is 0 Å². The van der Waals surface area contributed by atoms with E-state index >= 15 is 0 Å². The fraction of sp³-hybridized carbons (Fsp3) is 0.400. The standard InChI is InChI=1S/C30H38O/c1-6-10-28-29-14-8-7-13-27(29)24(5)21-30(28)25-15-17-26(18-16-25)31-20-19-23(4)12-9-11-22(2)3/h6-8,10,13-18,21-23H,9,11-12,19-20H2,1-5H3/b10-6+. The van der Waals surface area contributed by atoms with E-state index < -0.39 is 0 Å². The number of rotatable bonds is 10. The lowest BCUT2D eigenvalue weighted by molar-refractivity contribution is 0.276. The van der Waals surface area contributed by atoms with Crippen molar-refractivity contribution in [2.75, 3.05) is 6.61 Å². The van der Waals surface area contributed by atoms with Crippen molar-refractivity contribution in [1.29, 1.82) is 0 Å². The van der Waals surface area contributed by atoms with Crippen LogP contribution in [0.25, 0.3) is 28.0 Å². The minimum Gasteiger partial charge on any atom is -0.494 e. The number of fused-ring (bicyclic) bond motifs is 1. The zero-order valence-electron chi connectivity index (χ0n) is 19.9. The smallest absolute Gasteiger partial charge is 0.119 e. The van der Waals surface area contributed by atoms with Gasteiger partial charge in [0, 0.05) is 0 Å². The Hall–Kier alpha value is -2.54.